The predicted molar refractivity (Wildman–Crippen MR) is 181 cm³/mol. The molecule has 6 aliphatic rings. The van der Waals surface area contributed by atoms with Crippen LogP contribution in [0.3, 0.4) is 0 Å². The van der Waals surface area contributed by atoms with Crippen LogP contribution in [0, 0.1) is 35.5 Å². The summed E-state index contributed by atoms with van der Waals surface area (Å²) in [5, 5.41) is 0. The molecule has 0 spiro atoms. The third-order valence-corrected chi connectivity index (χ3v) is 14.3. The van der Waals surface area contributed by atoms with E-state index in [0.29, 0.717) is 0 Å². The van der Waals surface area contributed by atoms with Crippen LogP contribution < -0.4 is 0 Å². The first kappa shape index (κ1) is 31.9. The van der Waals surface area contributed by atoms with E-state index < -0.39 is 0 Å². The Bertz CT molecular complexity index is 683. The number of hydrogen-bond donors (Lipinski definition) is 0. The van der Waals surface area contributed by atoms with Crippen LogP contribution in [0.5, 0.6) is 0 Å². The molecule has 0 N–H and O–H groups in total. The van der Waals surface area contributed by atoms with Crippen molar-refractivity contribution in [2.45, 2.75) is 218 Å². The quantitative estimate of drug-likeness (QED) is 0.295. The Morgan fingerprint density at radius 3 is 0.786 bits per heavy atom. The molecule has 0 amide bonds. The van der Waals surface area contributed by atoms with Crippen molar-refractivity contribution in [2.75, 3.05) is 0 Å². The van der Waals surface area contributed by atoms with Crippen LogP contribution in [-0.2, 0) is 0 Å². The third-order valence-electron chi connectivity index (χ3n) is 14.3. The van der Waals surface area contributed by atoms with E-state index in [4.69, 9.17) is 0 Å². The second-order valence-corrected chi connectivity index (χ2v) is 17.7. The second kappa shape index (κ2) is 15.0. The molecule has 0 aromatic rings. The molecular weight excluding hydrogens is 508 g/mol. The van der Waals surface area contributed by atoms with Crippen molar-refractivity contribution in [3.8, 4) is 0 Å². The molecule has 2 nitrogen and oxygen atoms in total. The normalized spacial score (nSPS) is 46.1. The van der Waals surface area contributed by atoms with Crippen LogP contribution in [0.4, 0.5) is 0 Å². The zero-order valence-electron chi connectivity index (χ0n) is 28.8. The Morgan fingerprint density at radius 1 is 0.286 bits per heavy atom. The molecule has 0 heterocycles. The maximum atomic E-state index is 3.21. The zero-order chi connectivity index (χ0) is 29.1. The highest BCUT2D eigenvalue weighted by molar-refractivity contribution is 4.96. The lowest BCUT2D eigenvalue weighted by molar-refractivity contribution is -0.0163. The fraction of sp³-hybridized carbons (Fsp3) is 1.00. The van der Waals surface area contributed by atoms with Crippen LogP contribution in [0.2, 0.25) is 0 Å². The first-order valence-corrected chi connectivity index (χ1v) is 20.0. The minimum atomic E-state index is 0.900. The van der Waals surface area contributed by atoms with Crippen molar-refractivity contribution in [3.63, 3.8) is 0 Å². The Hall–Kier alpha value is -0.0800. The van der Waals surface area contributed by atoms with Crippen molar-refractivity contribution in [3.05, 3.63) is 0 Å². The molecule has 6 fully saturated rings. The number of rotatable bonds is 7. The largest absolute Gasteiger partial charge is 0.294 e. The van der Waals surface area contributed by atoms with Gasteiger partial charge in [-0.25, -0.2) is 0 Å². The lowest BCUT2D eigenvalue weighted by Gasteiger charge is -2.51. The van der Waals surface area contributed by atoms with Gasteiger partial charge in [-0.15, -0.1) is 0 Å². The van der Waals surface area contributed by atoms with E-state index >= 15 is 0 Å². The van der Waals surface area contributed by atoms with E-state index in [1.807, 2.05) is 0 Å². The average molecular weight is 581 g/mol. The van der Waals surface area contributed by atoms with Crippen molar-refractivity contribution in [2.24, 2.45) is 35.5 Å². The summed E-state index contributed by atoms with van der Waals surface area (Å²) < 4.78 is 0. The molecule has 0 aromatic heterocycles. The van der Waals surface area contributed by atoms with Crippen molar-refractivity contribution in [1.29, 1.82) is 0 Å². The van der Waals surface area contributed by atoms with E-state index in [9.17, 15) is 0 Å². The van der Waals surface area contributed by atoms with Gasteiger partial charge in [0.05, 0.1) is 0 Å². The fourth-order valence-electron chi connectivity index (χ4n) is 12.2. The van der Waals surface area contributed by atoms with Gasteiger partial charge in [0.2, 0.25) is 0 Å². The number of hydrogen-bond acceptors (Lipinski definition) is 2. The summed E-state index contributed by atoms with van der Waals surface area (Å²) >= 11 is 0. The predicted octanol–water partition coefficient (Wildman–Crippen LogP) is 11.0. The van der Waals surface area contributed by atoms with Gasteiger partial charge in [-0.2, -0.15) is 0 Å². The highest BCUT2D eigenvalue weighted by Gasteiger charge is 2.42. The zero-order valence-corrected chi connectivity index (χ0v) is 28.8. The van der Waals surface area contributed by atoms with E-state index in [0.717, 1.165) is 71.8 Å². The van der Waals surface area contributed by atoms with Gasteiger partial charge in [0.15, 0.2) is 0 Å². The lowest BCUT2D eigenvalue weighted by Crippen LogP contribution is -2.54. The van der Waals surface area contributed by atoms with Gasteiger partial charge in [-0.3, -0.25) is 9.80 Å². The highest BCUT2D eigenvalue weighted by atomic mass is 15.2. The van der Waals surface area contributed by atoms with Crippen LogP contribution in [0.15, 0.2) is 0 Å². The Labute approximate surface area is 262 Å². The topological polar surface area (TPSA) is 6.48 Å². The van der Waals surface area contributed by atoms with Crippen LogP contribution in [0.25, 0.3) is 0 Å². The Kier molecular flexibility index (Phi) is 11.4. The minimum absolute atomic E-state index is 0.900. The fourth-order valence-corrected chi connectivity index (χ4v) is 12.2. The summed E-state index contributed by atoms with van der Waals surface area (Å²) in [5.74, 6) is 5.88. The molecule has 0 aromatic carbocycles. The summed E-state index contributed by atoms with van der Waals surface area (Å²) in [4.78, 5) is 6.43. The van der Waals surface area contributed by atoms with Crippen LogP contribution >= 0.6 is 0 Å². The summed E-state index contributed by atoms with van der Waals surface area (Å²) in [5.41, 5.74) is 0. The van der Waals surface area contributed by atoms with E-state index in [1.54, 1.807) is 25.7 Å². The summed E-state index contributed by atoms with van der Waals surface area (Å²) in [6.07, 6.45) is 36.1. The molecule has 0 radical (unpaired) electrons. The van der Waals surface area contributed by atoms with E-state index in [1.165, 1.54) is 128 Å². The summed E-state index contributed by atoms with van der Waals surface area (Å²) in [7, 11) is 0. The van der Waals surface area contributed by atoms with Gasteiger partial charge in [0.25, 0.3) is 0 Å². The molecule has 0 aliphatic heterocycles. The van der Waals surface area contributed by atoms with Gasteiger partial charge >= 0.3 is 0 Å². The van der Waals surface area contributed by atoms with E-state index in [-0.39, 0.29) is 0 Å². The first-order chi connectivity index (χ1) is 20.4. The molecule has 6 rings (SSSR count). The van der Waals surface area contributed by atoms with Gasteiger partial charge in [0, 0.05) is 36.3 Å². The van der Waals surface area contributed by atoms with Gasteiger partial charge in [-0.05, 0) is 138 Å². The molecule has 8 unspecified atom stereocenters. The highest BCUT2D eigenvalue weighted by Crippen LogP contribution is 2.45. The smallest absolute Gasteiger partial charge is 0.0104 e. The maximum Gasteiger partial charge on any atom is 0.0104 e. The SMILES string of the molecule is CC1CCCC(N(C2CCC(C3CCC(N(C4CCCC(C)C4)C4CCCC(C)C4)CC3)CC2)C2CCCC(C)C2)C1. The third kappa shape index (κ3) is 7.82. The molecule has 0 saturated heterocycles. The van der Waals surface area contributed by atoms with Gasteiger partial charge in [-0.1, -0.05) is 79.1 Å². The molecule has 242 valence electrons. The van der Waals surface area contributed by atoms with E-state index in [2.05, 4.69) is 37.5 Å². The van der Waals surface area contributed by atoms with Crippen LogP contribution in [-0.4, -0.2) is 46.1 Å². The standard InChI is InChI=1S/C40H72N2/c1-29-9-5-13-37(25-29)41(38-14-6-10-30(2)26-38)35-21-17-33(18-22-35)34-19-23-36(24-20-34)42(39-15-7-11-31(3)27-39)40-16-8-12-32(4)28-40/h29-40H,5-28H2,1-4H3. The molecule has 2 heteroatoms. The Morgan fingerprint density at radius 2 is 0.548 bits per heavy atom. The molecule has 6 aliphatic carbocycles. The molecule has 0 bridgehead atoms. The summed E-state index contributed by atoms with van der Waals surface area (Å²) in [6.45, 7) is 10.2. The molecule has 8 atom stereocenters. The molecule has 6 saturated carbocycles. The lowest BCUT2D eigenvalue weighted by atomic mass is 9.69. The van der Waals surface area contributed by atoms with Crippen LogP contribution in [0.1, 0.15) is 182 Å². The molecular formula is C40H72N2. The number of nitrogens with zero attached hydrogens (tertiary/aromatic N) is 2. The average Bonchev–Trinajstić information content (AvgIpc) is 2.99. The minimum Gasteiger partial charge on any atom is -0.294 e. The first-order valence-electron chi connectivity index (χ1n) is 20.0. The molecule has 42 heavy (non-hydrogen) atoms. The second-order valence-electron chi connectivity index (χ2n) is 17.7. The van der Waals surface area contributed by atoms with Crippen molar-refractivity contribution >= 4 is 0 Å². The van der Waals surface area contributed by atoms with Gasteiger partial charge in [0.1, 0.15) is 0 Å². The van der Waals surface area contributed by atoms with Crippen molar-refractivity contribution in [1.82, 2.24) is 9.80 Å². The van der Waals surface area contributed by atoms with Gasteiger partial charge < -0.3 is 0 Å². The Balaban J connectivity index is 1.05. The maximum absolute atomic E-state index is 3.21. The van der Waals surface area contributed by atoms with Crippen molar-refractivity contribution < 1.29 is 0 Å². The monoisotopic (exact) mass is 581 g/mol. The summed E-state index contributed by atoms with van der Waals surface area (Å²) in [6, 6.07) is 5.41.